The number of hydrogen-bond donors (Lipinski definition) is 1. The Kier molecular flexibility index (Phi) is 5.39. The molecule has 2 aromatic carbocycles. The van der Waals surface area contributed by atoms with Crippen LogP contribution in [0.4, 0.5) is 11.4 Å². The first-order valence-corrected chi connectivity index (χ1v) is 8.57. The minimum absolute atomic E-state index is 0.0163. The van der Waals surface area contributed by atoms with Gasteiger partial charge in [-0.05, 0) is 24.3 Å². The number of aromatic nitrogens is 1. The van der Waals surface area contributed by atoms with E-state index in [4.69, 9.17) is 4.74 Å². The molecular weight excluding hydrogens is 366 g/mol. The van der Waals surface area contributed by atoms with Crippen LogP contribution in [-0.2, 0) is 0 Å². The summed E-state index contributed by atoms with van der Waals surface area (Å²) in [5.74, 6) is 0.714. The number of hydrazone groups is 1. The van der Waals surface area contributed by atoms with E-state index in [2.05, 4.69) is 15.5 Å². The third kappa shape index (κ3) is 4.26. The maximum Gasteiger partial charge on any atom is 0.270 e. The highest BCUT2D eigenvalue weighted by Gasteiger charge is 2.13. The van der Waals surface area contributed by atoms with E-state index in [0.717, 1.165) is 0 Å². The van der Waals surface area contributed by atoms with E-state index in [1.54, 1.807) is 48.9 Å². The predicted octanol–water partition coefficient (Wildman–Crippen LogP) is 4.07. The molecule has 134 valence electrons. The molecule has 27 heavy (non-hydrogen) atoms. The highest BCUT2D eigenvalue weighted by atomic mass is 32.1. The van der Waals surface area contributed by atoms with Crippen LogP contribution in [0.2, 0.25) is 0 Å². The molecule has 0 aliphatic rings. The summed E-state index contributed by atoms with van der Waals surface area (Å²) in [6.07, 6.45) is 0. The molecule has 0 bridgehead atoms. The van der Waals surface area contributed by atoms with Crippen molar-refractivity contribution in [1.29, 1.82) is 5.26 Å². The summed E-state index contributed by atoms with van der Waals surface area (Å²) in [6.45, 7) is 0. The molecule has 3 aromatic rings. The Bertz CT molecular complexity index is 1040. The van der Waals surface area contributed by atoms with Crippen LogP contribution in [-0.4, -0.2) is 22.7 Å². The van der Waals surface area contributed by atoms with Gasteiger partial charge < -0.3 is 4.74 Å². The van der Waals surface area contributed by atoms with E-state index >= 15 is 0 Å². The average molecular weight is 379 g/mol. The predicted molar refractivity (Wildman–Crippen MR) is 103 cm³/mol. The van der Waals surface area contributed by atoms with Gasteiger partial charge in [0, 0.05) is 23.1 Å². The van der Waals surface area contributed by atoms with Gasteiger partial charge in [-0.15, -0.1) is 11.3 Å². The Morgan fingerprint density at radius 3 is 2.78 bits per heavy atom. The number of rotatable bonds is 6. The molecule has 1 aromatic heterocycles. The summed E-state index contributed by atoms with van der Waals surface area (Å²) in [5, 5.41) is 26.5. The molecule has 0 spiro atoms. The Morgan fingerprint density at radius 1 is 1.33 bits per heavy atom. The highest BCUT2D eigenvalue weighted by Crippen LogP contribution is 2.25. The first-order chi connectivity index (χ1) is 13.1. The topological polar surface area (TPSA) is 113 Å². The number of non-ortho nitro benzene ring substituents is 1. The molecule has 0 atom stereocenters. The third-order valence-electron chi connectivity index (χ3n) is 3.55. The van der Waals surface area contributed by atoms with Crippen LogP contribution in [0.1, 0.15) is 5.01 Å². The minimum atomic E-state index is -0.461. The third-order valence-corrected chi connectivity index (χ3v) is 4.40. The number of ether oxygens (including phenoxy) is 1. The van der Waals surface area contributed by atoms with E-state index in [9.17, 15) is 15.4 Å². The van der Waals surface area contributed by atoms with Crippen molar-refractivity contribution in [3.8, 4) is 23.1 Å². The molecule has 0 fully saturated rings. The summed E-state index contributed by atoms with van der Waals surface area (Å²) < 4.78 is 5.09. The van der Waals surface area contributed by atoms with Crippen molar-refractivity contribution < 1.29 is 9.66 Å². The van der Waals surface area contributed by atoms with E-state index < -0.39 is 4.92 Å². The average Bonchev–Trinajstić information content (AvgIpc) is 3.19. The van der Waals surface area contributed by atoms with Crippen LogP contribution in [0, 0.1) is 21.4 Å². The molecule has 9 heteroatoms. The fourth-order valence-corrected chi connectivity index (χ4v) is 2.97. The summed E-state index contributed by atoms with van der Waals surface area (Å²) in [4.78, 5) is 14.8. The fourth-order valence-electron chi connectivity index (χ4n) is 2.20. The van der Waals surface area contributed by atoms with E-state index in [-0.39, 0.29) is 11.4 Å². The number of nitro benzene ring substituents is 1. The van der Waals surface area contributed by atoms with Crippen molar-refractivity contribution in [3.63, 3.8) is 0 Å². The number of anilines is 1. The first kappa shape index (κ1) is 18.0. The van der Waals surface area contributed by atoms with Crippen LogP contribution >= 0.6 is 11.3 Å². The Morgan fingerprint density at radius 2 is 2.11 bits per heavy atom. The molecule has 0 aliphatic heterocycles. The summed E-state index contributed by atoms with van der Waals surface area (Å²) >= 11 is 1.24. The van der Waals surface area contributed by atoms with Crippen LogP contribution in [0.15, 0.2) is 59.0 Å². The lowest BCUT2D eigenvalue weighted by Gasteiger charge is -2.02. The number of nitriles is 1. The molecule has 1 N–H and O–H groups in total. The van der Waals surface area contributed by atoms with Crippen molar-refractivity contribution in [2.45, 2.75) is 0 Å². The normalized spacial score (nSPS) is 10.9. The fraction of sp³-hybridized carbons (Fsp3) is 0.0556. The lowest BCUT2D eigenvalue weighted by molar-refractivity contribution is -0.384. The van der Waals surface area contributed by atoms with Gasteiger partial charge >= 0.3 is 0 Å². The van der Waals surface area contributed by atoms with Gasteiger partial charge in [-0.2, -0.15) is 10.4 Å². The zero-order valence-corrected chi connectivity index (χ0v) is 14.9. The summed E-state index contributed by atoms with van der Waals surface area (Å²) in [5.41, 5.74) is 4.75. The number of thiazole rings is 1. The van der Waals surface area contributed by atoms with Gasteiger partial charge in [0.1, 0.15) is 11.8 Å². The summed E-state index contributed by atoms with van der Waals surface area (Å²) in [6, 6.07) is 15.3. The lowest BCUT2D eigenvalue weighted by atomic mass is 10.1. The quantitative estimate of drug-likeness (QED) is 0.392. The zero-order valence-electron chi connectivity index (χ0n) is 14.1. The van der Waals surface area contributed by atoms with Crippen LogP contribution in [0.25, 0.3) is 11.3 Å². The molecule has 8 nitrogen and oxygen atoms in total. The zero-order chi connectivity index (χ0) is 19.2. The van der Waals surface area contributed by atoms with Crippen LogP contribution < -0.4 is 10.2 Å². The van der Waals surface area contributed by atoms with Crippen LogP contribution in [0.3, 0.4) is 0 Å². The van der Waals surface area contributed by atoms with Gasteiger partial charge in [0.15, 0.2) is 10.7 Å². The standard InChI is InChI=1S/C18H13N5O3S/c1-26-15-7-5-13(6-8-15)21-22-16(10-19)18-20-17(11-27-18)12-3-2-4-14(9-12)23(24)25/h2-9,11,21H,1H3. The Labute approximate surface area is 158 Å². The van der Waals surface area contributed by atoms with Crippen molar-refractivity contribution in [1.82, 2.24) is 4.98 Å². The van der Waals surface area contributed by atoms with Crippen molar-refractivity contribution in [2.75, 3.05) is 12.5 Å². The summed E-state index contributed by atoms with van der Waals surface area (Å²) in [7, 11) is 1.58. The molecule has 1 heterocycles. The molecule has 0 saturated carbocycles. The molecule has 0 amide bonds. The monoisotopic (exact) mass is 379 g/mol. The van der Waals surface area contributed by atoms with Gasteiger partial charge in [0.25, 0.3) is 5.69 Å². The second-order valence-corrected chi connectivity index (χ2v) is 6.12. The number of nitrogens with one attached hydrogen (secondary N) is 1. The molecule has 0 radical (unpaired) electrons. The molecular formula is C18H13N5O3S. The highest BCUT2D eigenvalue weighted by molar-refractivity contribution is 7.12. The minimum Gasteiger partial charge on any atom is -0.497 e. The molecule has 0 aliphatic carbocycles. The van der Waals surface area contributed by atoms with E-state index in [0.29, 0.717) is 27.7 Å². The van der Waals surface area contributed by atoms with E-state index in [1.807, 2.05) is 6.07 Å². The number of methoxy groups -OCH3 is 1. The molecule has 0 saturated heterocycles. The van der Waals surface area contributed by atoms with Gasteiger partial charge in [-0.1, -0.05) is 12.1 Å². The molecule has 0 unspecified atom stereocenters. The second kappa shape index (κ2) is 8.07. The maximum absolute atomic E-state index is 10.9. The van der Waals surface area contributed by atoms with Crippen molar-refractivity contribution in [3.05, 3.63) is 69.0 Å². The largest absolute Gasteiger partial charge is 0.497 e. The van der Waals surface area contributed by atoms with Gasteiger partial charge in [0.2, 0.25) is 0 Å². The number of nitrogens with zero attached hydrogens (tertiary/aromatic N) is 4. The lowest BCUT2D eigenvalue weighted by Crippen LogP contribution is -2.01. The van der Waals surface area contributed by atoms with Gasteiger partial charge in [-0.25, -0.2) is 4.98 Å². The van der Waals surface area contributed by atoms with Crippen molar-refractivity contribution >= 4 is 28.4 Å². The second-order valence-electron chi connectivity index (χ2n) is 5.26. The van der Waals surface area contributed by atoms with Gasteiger partial charge in [0.05, 0.1) is 23.4 Å². The number of nitro groups is 1. The number of hydrogen-bond acceptors (Lipinski definition) is 8. The van der Waals surface area contributed by atoms with Gasteiger partial charge in [-0.3, -0.25) is 15.5 Å². The first-order valence-electron chi connectivity index (χ1n) is 7.69. The smallest absolute Gasteiger partial charge is 0.270 e. The Hall–Kier alpha value is -3.77. The van der Waals surface area contributed by atoms with Crippen molar-refractivity contribution in [2.24, 2.45) is 5.10 Å². The maximum atomic E-state index is 10.9. The van der Waals surface area contributed by atoms with Crippen LogP contribution in [0.5, 0.6) is 5.75 Å². The Balaban J connectivity index is 1.81. The SMILES string of the molecule is COc1ccc(NN=C(C#N)c2nc(-c3cccc([N+](=O)[O-])c3)cs2)cc1. The molecule has 3 rings (SSSR count). The number of benzene rings is 2. The van der Waals surface area contributed by atoms with E-state index in [1.165, 1.54) is 23.5 Å².